The number of hydrogen-bond acceptors (Lipinski definition) is 5. The van der Waals surface area contributed by atoms with E-state index in [4.69, 9.17) is 4.74 Å². The standard InChI is InChI=1S/C12H15F3N4O/c13-12(14,15)10-1-2-16-11(17-10)19-7-9(8-19)18-3-5-20-6-4-18/h1-2,9H,3-8H2. The molecule has 2 aliphatic heterocycles. The lowest BCUT2D eigenvalue weighted by Crippen LogP contribution is -2.62. The molecule has 3 rings (SSSR count). The van der Waals surface area contributed by atoms with Gasteiger partial charge in [0.1, 0.15) is 5.69 Å². The molecule has 0 aliphatic carbocycles. The van der Waals surface area contributed by atoms with Gasteiger partial charge in [0.25, 0.3) is 0 Å². The molecule has 20 heavy (non-hydrogen) atoms. The van der Waals surface area contributed by atoms with E-state index in [9.17, 15) is 13.2 Å². The molecule has 0 unspecified atom stereocenters. The third-order valence-corrected chi connectivity index (χ3v) is 3.64. The monoisotopic (exact) mass is 288 g/mol. The minimum Gasteiger partial charge on any atom is -0.379 e. The van der Waals surface area contributed by atoms with Gasteiger partial charge in [-0.1, -0.05) is 0 Å². The number of aromatic nitrogens is 2. The first-order chi connectivity index (χ1) is 9.54. The second-order valence-corrected chi connectivity index (χ2v) is 4.95. The highest BCUT2D eigenvalue weighted by Gasteiger charge is 2.36. The summed E-state index contributed by atoms with van der Waals surface area (Å²) in [5.74, 6) is 0.157. The molecule has 0 aromatic carbocycles. The molecule has 0 spiro atoms. The summed E-state index contributed by atoms with van der Waals surface area (Å²) in [7, 11) is 0. The lowest BCUT2D eigenvalue weighted by atomic mass is 10.1. The van der Waals surface area contributed by atoms with Crippen LogP contribution in [-0.2, 0) is 10.9 Å². The number of hydrogen-bond donors (Lipinski definition) is 0. The van der Waals surface area contributed by atoms with Crippen molar-refractivity contribution in [1.82, 2.24) is 14.9 Å². The highest BCUT2D eigenvalue weighted by Crippen LogP contribution is 2.29. The van der Waals surface area contributed by atoms with E-state index in [0.29, 0.717) is 19.1 Å². The van der Waals surface area contributed by atoms with Gasteiger partial charge in [-0.15, -0.1) is 0 Å². The van der Waals surface area contributed by atoms with Crippen LogP contribution in [0.25, 0.3) is 0 Å². The van der Waals surface area contributed by atoms with Gasteiger partial charge in [-0.05, 0) is 6.07 Å². The zero-order valence-corrected chi connectivity index (χ0v) is 10.8. The number of anilines is 1. The molecule has 0 bridgehead atoms. The summed E-state index contributed by atoms with van der Waals surface area (Å²) in [6.07, 6.45) is -3.26. The van der Waals surface area contributed by atoms with Crippen LogP contribution in [0.4, 0.5) is 19.1 Å². The summed E-state index contributed by atoms with van der Waals surface area (Å²) < 4.78 is 43.0. The second kappa shape index (κ2) is 5.17. The summed E-state index contributed by atoms with van der Waals surface area (Å²) in [5.41, 5.74) is -0.891. The fourth-order valence-corrected chi connectivity index (χ4v) is 2.45. The van der Waals surface area contributed by atoms with Crippen LogP contribution >= 0.6 is 0 Å². The summed E-state index contributed by atoms with van der Waals surface area (Å²) in [5, 5.41) is 0. The molecule has 1 aromatic heterocycles. The molecular weight excluding hydrogens is 273 g/mol. The van der Waals surface area contributed by atoms with Crippen LogP contribution in [-0.4, -0.2) is 60.3 Å². The van der Waals surface area contributed by atoms with E-state index in [0.717, 1.165) is 38.6 Å². The maximum Gasteiger partial charge on any atom is 0.433 e. The number of halogens is 3. The van der Waals surface area contributed by atoms with E-state index in [1.807, 2.05) is 0 Å². The van der Waals surface area contributed by atoms with E-state index < -0.39 is 11.9 Å². The van der Waals surface area contributed by atoms with Crippen LogP contribution in [0.5, 0.6) is 0 Å². The van der Waals surface area contributed by atoms with Crippen molar-refractivity contribution < 1.29 is 17.9 Å². The van der Waals surface area contributed by atoms with Crippen molar-refractivity contribution in [3.05, 3.63) is 18.0 Å². The molecule has 0 radical (unpaired) electrons. The molecule has 110 valence electrons. The lowest BCUT2D eigenvalue weighted by molar-refractivity contribution is -0.141. The van der Waals surface area contributed by atoms with Crippen molar-refractivity contribution in [2.75, 3.05) is 44.3 Å². The number of rotatable bonds is 2. The minimum absolute atomic E-state index is 0.157. The maximum atomic E-state index is 12.6. The molecule has 2 saturated heterocycles. The first kappa shape index (κ1) is 13.6. The van der Waals surface area contributed by atoms with Gasteiger partial charge >= 0.3 is 6.18 Å². The van der Waals surface area contributed by atoms with Gasteiger partial charge in [-0.3, -0.25) is 4.90 Å². The fraction of sp³-hybridized carbons (Fsp3) is 0.667. The Morgan fingerprint density at radius 2 is 1.90 bits per heavy atom. The van der Waals surface area contributed by atoms with Crippen LogP contribution in [0.3, 0.4) is 0 Å². The molecule has 0 amide bonds. The predicted octanol–water partition coefficient (Wildman–Crippen LogP) is 1.02. The molecule has 3 heterocycles. The molecule has 2 fully saturated rings. The second-order valence-electron chi connectivity index (χ2n) is 4.95. The third kappa shape index (κ3) is 2.71. The number of morpholine rings is 1. The first-order valence-corrected chi connectivity index (χ1v) is 6.51. The van der Waals surface area contributed by atoms with Crippen molar-refractivity contribution in [2.45, 2.75) is 12.2 Å². The highest BCUT2D eigenvalue weighted by molar-refractivity contribution is 5.36. The molecular formula is C12H15F3N4O. The Bertz CT molecular complexity index is 470. The van der Waals surface area contributed by atoms with E-state index in [1.165, 1.54) is 0 Å². The van der Waals surface area contributed by atoms with Crippen LogP contribution < -0.4 is 4.90 Å². The molecule has 5 nitrogen and oxygen atoms in total. The van der Waals surface area contributed by atoms with E-state index in [1.54, 1.807) is 4.90 Å². The van der Waals surface area contributed by atoms with Gasteiger partial charge < -0.3 is 9.64 Å². The summed E-state index contributed by atoms with van der Waals surface area (Å²) >= 11 is 0. The smallest absolute Gasteiger partial charge is 0.379 e. The van der Waals surface area contributed by atoms with E-state index >= 15 is 0 Å². The van der Waals surface area contributed by atoms with Crippen LogP contribution in [0.15, 0.2) is 12.3 Å². The SMILES string of the molecule is FC(F)(F)c1ccnc(N2CC(N3CCOCC3)C2)n1. The topological polar surface area (TPSA) is 41.5 Å². The Kier molecular flexibility index (Phi) is 3.51. The van der Waals surface area contributed by atoms with Crippen molar-refractivity contribution in [3.63, 3.8) is 0 Å². The summed E-state index contributed by atoms with van der Waals surface area (Å²) in [4.78, 5) is 11.6. The van der Waals surface area contributed by atoms with Gasteiger partial charge in [-0.2, -0.15) is 13.2 Å². The Balaban J connectivity index is 1.62. The van der Waals surface area contributed by atoms with Crippen molar-refractivity contribution >= 4 is 5.95 Å². The zero-order chi connectivity index (χ0) is 14.2. The quantitative estimate of drug-likeness (QED) is 0.812. The summed E-state index contributed by atoms with van der Waals surface area (Å²) in [6.45, 7) is 4.53. The third-order valence-electron chi connectivity index (χ3n) is 3.64. The van der Waals surface area contributed by atoms with E-state index in [-0.39, 0.29) is 5.95 Å². The normalized spacial score (nSPS) is 21.9. The first-order valence-electron chi connectivity index (χ1n) is 6.51. The number of alkyl halides is 3. The van der Waals surface area contributed by atoms with Crippen LogP contribution in [0.1, 0.15) is 5.69 Å². The molecule has 0 saturated carbocycles. The molecule has 2 aliphatic rings. The highest BCUT2D eigenvalue weighted by atomic mass is 19.4. The van der Waals surface area contributed by atoms with Gasteiger partial charge in [0, 0.05) is 38.4 Å². The van der Waals surface area contributed by atoms with Gasteiger partial charge in [0.2, 0.25) is 5.95 Å². The average molecular weight is 288 g/mol. The Labute approximate surface area is 114 Å². The number of nitrogens with zero attached hydrogens (tertiary/aromatic N) is 4. The maximum absolute atomic E-state index is 12.6. The van der Waals surface area contributed by atoms with Gasteiger partial charge in [-0.25, -0.2) is 9.97 Å². The lowest BCUT2D eigenvalue weighted by Gasteiger charge is -2.46. The minimum atomic E-state index is -4.42. The molecule has 1 aromatic rings. The summed E-state index contributed by atoms with van der Waals surface area (Å²) in [6, 6.07) is 1.25. The molecule has 8 heteroatoms. The average Bonchev–Trinajstić information content (AvgIpc) is 2.38. The van der Waals surface area contributed by atoms with Crippen LogP contribution in [0, 0.1) is 0 Å². The van der Waals surface area contributed by atoms with Crippen molar-refractivity contribution in [2.24, 2.45) is 0 Å². The van der Waals surface area contributed by atoms with E-state index in [2.05, 4.69) is 14.9 Å². The molecule has 0 atom stereocenters. The number of ether oxygens (including phenoxy) is 1. The van der Waals surface area contributed by atoms with Gasteiger partial charge in [0.15, 0.2) is 0 Å². The zero-order valence-electron chi connectivity index (χ0n) is 10.8. The largest absolute Gasteiger partial charge is 0.433 e. The Morgan fingerprint density at radius 1 is 1.20 bits per heavy atom. The van der Waals surface area contributed by atoms with Crippen molar-refractivity contribution in [3.8, 4) is 0 Å². The molecule has 0 N–H and O–H groups in total. The van der Waals surface area contributed by atoms with Gasteiger partial charge in [0.05, 0.1) is 13.2 Å². The Hall–Kier alpha value is -1.41. The predicted molar refractivity (Wildman–Crippen MR) is 65.4 cm³/mol. The van der Waals surface area contributed by atoms with Crippen molar-refractivity contribution in [1.29, 1.82) is 0 Å². The Morgan fingerprint density at radius 3 is 2.55 bits per heavy atom. The van der Waals surface area contributed by atoms with Crippen LogP contribution in [0.2, 0.25) is 0 Å². The fourth-order valence-electron chi connectivity index (χ4n) is 2.45.